The molecular formula is C15H21N3O. The normalized spacial score (nSPS) is 23.5. The van der Waals surface area contributed by atoms with Crippen LogP contribution in [0.4, 0.5) is 10.5 Å². The maximum atomic E-state index is 12.6. The topological polar surface area (TPSA) is 35.6 Å². The molecule has 2 amide bonds. The Hall–Kier alpha value is -1.55. The molecule has 2 saturated heterocycles. The molecule has 0 radical (unpaired) electrons. The summed E-state index contributed by atoms with van der Waals surface area (Å²) in [5.41, 5.74) is 3.48. The predicted octanol–water partition coefficient (Wildman–Crippen LogP) is 1.91. The molecule has 1 N–H and O–H groups in total. The van der Waals surface area contributed by atoms with Crippen molar-refractivity contribution >= 4 is 11.7 Å². The zero-order valence-electron chi connectivity index (χ0n) is 11.6. The number of aryl methyl sites for hydroxylation is 2. The highest BCUT2D eigenvalue weighted by Crippen LogP contribution is 2.26. The second-order valence-corrected chi connectivity index (χ2v) is 5.56. The van der Waals surface area contributed by atoms with Crippen molar-refractivity contribution in [2.75, 3.05) is 31.1 Å². The largest absolute Gasteiger partial charge is 0.324 e. The van der Waals surface area contributed by atoms with E-state index in [1.165, 1.54) is 11.1 Å². The zero-order valence-corrected chi connectivity index (χ0v) is 11.6. The van der Waals surface area contributed by atoms with E-state index in [2.05, 4.69) is 37.4 Å². The van der Waals surface area contributed by atoms with Crippen molar-refractivity contribution in [3.63, 3.8) is 0 Å². The van der Waals surface area contributed by atoms with Gasteiger partial charge >= 0.3 is 6.03 Å². The first-order valence-corrected chi connectivity index (χ1v) is 7.03. The fourth-order valence-electron chi connectivity index (χ4n) is 3.13. The molecule has 19 heavy (non-hydrogen) atoms. The van der Waals surface area contributed by atoms with Crippen molar-refractivity contribution in [2.24, 2.45) is 0 Å². The smallest absolute Gasteiger partial charge is 0.318 e. The lowest BCUT2D eigenvalue weighted by molar-refractivity contribution is 0.205. The van der Waals surface area contributed by atoms with Crippen LogP contribution in [0.15, 0.2) is 18.2 Å². The first-order valence-electron chi connectivity index (χ1n) is 7.03. The van der Waals surface area contributed by atoms with Crippen LogP contribution in [-0.4, -0.2) is 43.2 Å². The summed E-state index contributed by atoms with van der Waals surface area (Å²) in [7, 11) is 0. The van der Waals surface area contributed by atoms with Crippen LogP contribution in [-0.2, 0) is 0 Å². The molecule has 1 aromatic rings. The first kappa shape index (κ1) is 12.5. The molecule has 1 atom stereocenters. The number of nitrogens with one attached hydrogen (secondary N) is 1. The quantitative estimate of drug-likeness (QED) is 0.880. The van der Waals surface area contributed by atoms with E-state index in [1.807, 2.05) is 9.80 Å². The van der Waals surface area contributed by atoms with E-state index < -0.39 is 0 Å². The van der Waals surface area contributed by atoms with Crippen molar-refractivity contribution in [2.45, 2.75) is 26.3 Å². The molecule has 1 unspecified atom stereocenters. The van der Waals surface area contributed by atoms with Crippen molar-refractivity contribution < 1.29 is 4.79 Å². The first-order chi connectivity index (χ1) is 9.16. The van der Waals surface area contributed by atoms with Gasteiger partial charge < -0.3 is 10.2 Å². The second kappa shape index (κ2) is 4.85. The van der Waals surface area contributed by atoms with E-state index in [9.17, 15) is 4.79 Å². The third-order valence-electron chi connectivity index (χ3n) is 4.16. The molecule has 3 rings (SSSR count). The van der Waals surface area contributed by atoms with Gasteiger partial charge in [0.15, 0.2) is 0 Å². The standard InChI is InChI=1S/C15H21N3O/c1-11-3-4-14(12(2)9-11)18-8-7-17(15(18)19)13-5-6-16-10-13/h3-4,9,13,16H,5-8,10H2,1-2H3. The fourth-order valence-corrected chi connectivity index (χ4v) is 3.13. The maximum Gasteiger partial charge on any atom is 0.324 e. The Bertz CT molecular complexity index is 494. The van der Waals surface area contributed by atoms with Gasteiger partial charge in [0, 0.05) is 31.4 Å². The van der Waals surface area contributed by atoms with E-state index in [-0.39, 0.29) is 6.03 Å². The Morgan fingerprint density at radius 3 is 2.79 bits per heavy atom. The van der Waals surface area contributed by atoms with Crippen LogP contribution >= 0.6 is 0 Å². The average molecular weight is 259 g/mol. The van der Waals surface area contributed by atoms with Crippen LogP contribution < -0.4 is 10.2 Å². The number of nitrogens with zero attached hydrogens (tertiary/aromatic N) is 2. The molecule has 0 aromatic heterocycles. The van der Waals surface area contributed by atoms with Crippen LogP contribution in [0.3, 0.4) is 0 Å². The number of hydrogen-bond acceptors (Lipinski definition) is 2. The van der Waals surface area contributed by atoms with E-state index in [0.29, 0.717) is 6.04 Å². The number of rotatable bonds is 2. The molecular weight excluding hydrogens is 238 g/mol. The lowest BCUT2D eigenvalue weighted by atomic mass is 10.1. The van der Waals surface area contributed by atoms with Gasteiger partial charge in [0.05, 0.1) is 0 Å². The Balaban J connectivity index is 1.81. The summed E-state index contributed by atoms with van der Waals surface area (Å²) in [5.74, 6) is 0. The van der Waals surface area contributed by atoms with Gasteiger partial charge in [-0.2, -0.15) is 0 Å². The van der Waals surface area contributed by atoms with Crippen LogP contribution in [0.2, 0.25) is 0 Å². The SMILES string of the molecule is Cc1ccc(N2CCN(C3CCNC3)C2=O)c(C)c1. The minimum absolute atomic E-state index is 0.167. The lowest BCUT2D eigenvalue weighted by Crippen LogP contribution is -2.40. The third kappa shape index (κ3) is 2.21. The summed E-state index contributed by atoms with van der Waals surface area (Å²) in [6.07, 6.45) is 1.08. The molecule has 4 heteroatoms. The van der Waals surface area contributed by atoms with Gasteiger partial charge in [0.2, 0.25) is 0 Å². The molecule has 1 aromatic carbocycles. The number of carbonyl (C=O) groups is 1. The Labute approximate surface area is 114 Å². The molecule has 102 valence electrons. The molecule has 0 spiro atoms. The molecule has 2 fully saturated rings. The van der Waals surface area contributed by atoms with Crippen molar-refractivity contribution in [1.29, 1.82) is 0 Å². The Kier molecular flexibility index (Phi) is 3.19. The number of amides is 2. The summed E-state index contributed by atoms with van der Waals surface area (Å²) in [5, 5.41) is 3.33. The molecule has 2 heterocycles. The number of anilines is 1. The maximum absolute atomic E-state index is 12.6. The average Bonchev–Trinajstić information content (AvgIpc) is 2.99. The van der Waals surface area contributed by atoms with E-state index >= 15 is 0 Å². The van der Waals surface area contributed by atoms with Gasteiger partial charge in [-0.3, -0.25) is 4.90 Å². The van der Waals surface area contributed by atoms with Crippen molar-refractivity contribution in [3.8, 4) is 0 Å². The van der Waals surface area contributed by atoms with Crippen molar-refractivity contribution in [3.05, 3.63) is 29.3 Å². The molecule has 4 nitrogen and oxygen atoms in total. The lowest BCUT2D eigenvalue weighted by Gasteiger charge is -2.24. The van der Waals surface area contributed by atoms with Gasteiger partial charge in [-0.25, -0.2) is 4.79 Å². The van der Waals surface area contributed by atoms with E-state index in [0.717, 1.165) is 38.3 Å². The number of hydrogen-bond donors (Lipinski definition) is 1. The summed E-state index contributed by atoms with van der Waals surface area (Å²) in [6, 6.07) is 6.83. The molecule has 0 aliphatic carbocycles. The molecule has 0 bridgehead atoms. The van der Waals surface area contributed by atoms with E-state index in [4.69, 9.17) is 0 Å². The summed E-state index contributed by atoms with van der Waals surface area (Å²) >= 11 is 0. The van der Waals surface area contributed by atoms with Crippen molar-refractivity contribution in [1.82, 2.24) is 10.2 Å². The van der Waals surface area contributed by atoms with Gasteiger partial charge in [0.25, 0.3) is 0 Å². The van der Waals surface area contributed by atoms with Crippen LogP contribution in [0, 0.1) is 13.8 Å². The fraction of sp³-hybridized carbons (Fsp3) is 0.533. The van der Waals surface area contributed by atoms with Gasteiger partial charge in [-0.15, -0.1) is 0 Å². The second-order valence-electron chi connectivity index (χ2n) is 5.56. The molecule has 2 aliphatic heterocycles. The third-order valence-corrected chi connectivity index (χ3v) is 4.16. The Morgan fingerprint density at radius 1 is 1.26 bits per heavy atom. The van der Waals surface area contributed by atoms with Gasteiger partial charge in [-0.05, 0) is 38.4 Å². The van der Waals surface area contributed by atoms with E-state index in [1.54, 1.807) is 0 Å². The zero-order chi connectivity index (χ0) is 13.4. The summed E-state index contributed by atoms with van der Waals surface area (Å²) < 4.78 is 0. The van der Waals surface area contributed by atoms with Crippen LogP contribution in [0.5, 0.6) is 0 Å². The summed E-state index contributed by atoms with van der Waals surface area (Å²) in [6.45, 7) is 7.77. The van der Waals surface area contributed by atoms with Gasteiger partial charge in [-0.1, -0.05) is 17.7 Å². The van der Waals surface area contributed by atoms with Gasteiger partial charge in [0.1, 0.15) is 0 Å². The highest BCUT2D eigenvalue weighted by molar-refractivity contribution is 5.95. The number of urea groups is 1. The minimum Gasteiger partial charge on any atom is -0.318 e. The molecule has 2 aliphatic rings. The summed E-state index contributed by atoms with van der Waals surface area (Å²) in [4.78, 5) is 16.5. The molecule has 0 saturated carbocycles. The number of carbonyl (C=O) groups excluding carboxylic acids is 1. The predicted molar refractivity (Wildman–Crippen MR) is 76.6 cm³/mol. The Morgan fingerprint density at radius 2 is 2.11 bits per heavy atom. The van der Waals surface area contributed by atoms with Crippen LogP contribution in [0.1, 0.15) is 17.5 Å². The van der Waals surface area contributed by atoms with Crippen LogP contribution in [0.25, 0.3) is 0 Å². The monoisotopic (exact) mass is 259 g/mol. The highest BCUT2D eigenvalue weighted by atomic mass is 16.2. The number of benzene rings is 1. The highest BCUT2D eigenvalue weighted by Gasteiger charge is 2.35. The minimum atomic E-state index is 0.167.